The van der Waals surface area contributed by atoms with Crippen molar-refractivity contribution in [3.63, 3.8) is 0 Å². The average Bonchev–Trinajstić information content (AvgIpc) is 1.93. The average molecular weight is 220 g/mol. The number of halogens is 2. The van der Waals surface area contributed by atoms with Crippen LogP contribution in [0.25, 0.3) is 0 Å². The van der Waals surface area contributed by atoms with Crippen LogP contribution in [0.1, 0.15) is 13.8 Å². The van der Waals surface area contributed by atoms with Crippen molar-refractivity contribution in [3.8, 4) is 5.75 Å². The highest BCUT2D eigenvalue weighted by Crippen LogP contribution is 2.29. The Labute approximate surface area is 87.6 Å². The Kier molecular flexibility index (Phi) is 3.06. The van der Waals surface area contributed by atoms with Crippen LogP contribution >= 0.6 is 23.2 Å². The fourth-order valence-electron chi connectivity index (χ4n) is 0.841. The molecule has 72 valence electrons. The summed E-state index contributed by atoms with van der Waals surface area (Å²) in [5, 5.41) is 1.04. The van der Waals surface area contributed by atoms with E-state index in [1.54, 1.807) is 32.0 Å². The van der Waals surface area contributed by atoms with Gasteiger partial charge in [0.2, 0.25) is 0 Å². The molecule has 0 saturated carbocycles. The van der Waals surface area contributed by atoms with E-state index in [0.29, 0.717) is 15.8 Å². The van der Waals surface area contributed by atoms with Gasteiger partial charge in [-0.2, -0.15) is 0 Å². The minimum absolute atomic E-state index is 0.464. The van der Waals surface area contributed by atoms with Gasteiger partial charge < -0.3 is 4.74 Å². The second kappa shape index (κ2) is 3.74. The molecule has 0 amide bonds. The summed E-state index contributed by atoms with van der Waals surface area (Å²) in [4.78, 5) is 0. The molecule has 0 saturated heterocycles. The number of hydrogen-bond acceptors (Lipinski definition) is 2. The van der Waals surface area contributed by atoms with Crippen LogP contribution in [-0.2, 0) is 0 Å². The Morgan fingerprint density at radius 2 is 1.92 bits per heavy atom. The van der Waals surface area contributed by atoms with Gasteiger partial charge in [0.25, 0.3) is 0 Å². The first-order valence-corrected chi connectivity index (χ1v) is 4.57. The highest BCUT2D eigenvalue weighted by molar-refractivity contribution is 6.35. The van der Waals surface area contributed by atoms with Gasteiger partial charge in [0.05, 0.1) is 5.02 Å². The molecule has 1 rings (SSSR count). The van der Waals surface area contributed by atoms with Crippen molar-refractivity contribution < 1.29 is 4.74 Å². The highest BCUT2D eigenvalue weighted by atomic mass is 35.5. The predicted molar refractivity (Wildman–Crippen MR) is 55.4 cm³/mol. The number of rotatable bonds is 2. The minimum atomic E-state index is -0.739. The van der Waals surface area contributed by atoms with Gasteiger partial charge in [-0.25, -0.2) is 0 Å². The van der Waals surface area contributed by atoms with E-state index in [1.807, 2.05) is 0 Å². The van der Waals surface area contributed by atoms with Crippen molar-refractivity contribution in [2.24, 2.45) is 5.73 Å². The summed E-state index contributed by atoms with van der Waals surface area (Å²) in [7, 11) is 0. The van der Waals surface area contributed by atoms with Crippen molar-refractivity contribution in [3.05, 3.63) is 28.2 Å². The third-order valence-corrected chi connectivity index (χ3v) is 1.80. The fraction of sp³-hybridized carbons (Fsp3) is 0.333. The smallest absolute Gasteiger partial charge is 0.152 e. The Balaban J connectivity index is 2.90. The Morgan fingerprint density at radius 1 is 1.31 bits per heavy atom. The van der Waals surface area contributed by atoms with Gasteiger partial charge in [0.1, 0.15) is 5.75 Å². The molecule has 1 aromatic rings. The molecule has 1 aromatic carbocycles. The molecule has 13 heavy (non-hydrogen) atoms. The first-order chi connectivity index (χ1) is 5.88. The van der Waals surface area contributed by atoms with Crippen LogP contribution < -0.4 is 10.5 Å². The summed E-state index contributed by atoms with van der Waals surface area (Å²) >= 11 is 11.6. The SMILES string of the molecule is CC(C)(N)Oc1ccc(Cl)cc1Cl. The van der Waals surface area contributed by atoms with Gasteiger partial charge in [-0.3, -0.25) is 5.73 Å². The first kappa shape index (κ1) is 10.6. The van der Waals surface area contributed by atoms with Gasteiger partial charge in [0.15, 0.2) is 5.72 Å². The molecule has 2 N–H and O–H groups in total. The van der Waals surface area contributed by atoms with E-state index in [-0.39, 0.29) is 0 Å². The summed E-state index contributed by atoms with van der Waals surface area (Å²) in [6, 6.07) is 5.01. The number of nitrogens with two attached hydrogens (primary N) is 1. The second-order valence-corrected chi connectivity index (χ2v) is 4.12. The number of hydrogen-bond donors (Lipinski definition) is 1. The van der Waals surface area contributed by atoms with Crippen molar-refractivity contribution in [2.45, 2.75) is 19.6 Å². The summed E-state index contributed by atoms with van der Waals surface area (Å²) < 4.78 is 5.37. The van der Waals surface area contributed by atoms with Crippen LogP contribution in [0.3, 0.4) is 0 Å². The Morgan fingerprint density at radius 3 is 2.38 bits per heavy atom. The summed E-state index contributed by atoms with van der Waals surface area (Å²) in [6.45, 7) is 3.50. The number of ether oxygens (including phenoxy) is 1. The van der Waals surface area contributed by atoms with Crippen molar-refractivity contribution in [2.75, 3.05) is 0 Å². The molecule has 0 atom stereocenters. The molecule has 2 nitrogen and oxygen atoms in total. The fourth-order valence-corrected chi connectivity index (χ4v) is 1.29. The molecule has 0 bridgehead atoms. The predicted octanol–water partition coefficient (Wildman–Crippen LogP) is 3.07. The largest absolute Gasteiger partial charge is 0.472 e. The van der Waals surface area contributed by atoms with Gasteiger partial charge >= 0.3 is 0 Å². The van der Waals surface area contributed by atoms with Crippen molar-refractivity contribution in [1.29, 1.82) is 0 Å². The number of benzene rings is 1. The summed E-state index contributed by atoms with van der Waals surface area (Å²) in [5.41, 5.74) is 4.92. The maximum absolute atomic E-state index is 5.87. The van der Waals surface area contributed by atoms with Gasteiger partial charge in [-0.05, 0) is 32.0 Å². The molecule has 0 radical (unpaired) electrons. The van der Waals surface area contributed by atoms with E-state index < -0.39 is 5.72 Å². The molecule has 0 aromatic heterocycles. The molecular formula is C9H11Cl2NO. The monoisotopic (exact) mass is 219 g/mol. The van der Waals surface area contributed by atoms with Crippen LogP contribution in [-0.4, -0.2) is 5.72 Å². The van der Waals surface area contributed by atoms with Gasteiger partial charge in [0, 0.05) is 5.02 Å². The van der Waals surface area contributed by atoms with E-state index in [9.17, 15) is 0 Å². The summed E-state index contributed by atoms with van der Waals surface area (Å²) in [5.74, 6) is 0.540. The maximum Gasteiger partial charge on any atom is 0.152 e. The van der Waals surface area contributed by atoms with Crippen LogP contribution in [0, 0.1) is 0 Å². The van der Waals surface area contributed by atoms with Crippen LogP contribution in [0.15, 0.2) is 18.2 Å². The zero-order valence-electron chi connectivity index (χ0n) is 7.47. The highest BCUT2D eigenvalue weighted by Gasteiger charge is 2.14. The lowest BCUT2D eigenvalue weighted by Crippen LogP contribution is -2.38. The standard InChI is InChI=1S/C9H11Cl2NO/c1-9(2,12)13-8-4-3-6(10)5-7(8)11/h3-5H,12H2,1-2H3. The van der Waals surface area contributed by atoms with Crippen LogP contribution in [0.2, 0.25) is 10.0 Å². The van der Waals surface area contributed by atoms with E-state index in [2.05, 4.69) is 0 Å². The lowest BCUT2D eigenvalue weighted by atomic mass is 10.3. The van der Waals surface area contributed by atoms with E-state index in [1.165, 1.54) is 0 Å². The Bertz CT molecular complexity index is 307. The maximum atomic E-state index is 5.87. The normalized spacial score (nSPS) is 11.5. The molecule has 4 heteroatoms. The summed E-state index contributed by atoms with van der Waals surface area (Å²) in [6.07, 6.45) is 0. The first-order valence-electron chi connectivity index (χ1n) is 3.81. The molecule has 0 aliphatic heterocycles. The molecule has 0 fully saturated rings. The molecular weight excluding hydrogens is 209 g/mol. The van der Waals surface area contributed by atoms with Crippen molar-refractivity contribution in [1.82, 2.24) is 0 Å². The van der Waals surface area contributed by atoms with Crippen LogP contribution in [0.5, 0.6) is 5.75 Å². The molecule has 0 unspecified atom stereocenters. The molecule has 0 heterocycles. The minimum Gasteiger partial charge on any atom is -0.472 e. The zero-order chi connectivity index (χ0) is 10.1. The quantitative estimate of drug-likeness (QED) is 0.777. The van der Waals surface area contributed by atoms with E-state index in [0.717, 1.165) is 0 Å². The zero-order valence-corrected chi connectivity index (χ0v) is 8.99. The topological polar surface area (TPSA) is 35.2 Å². The molecule has 0 aliphatic carbocycles. The third-order valence-electron chi connectivity index (χ3n) is 1.27. The second-order valence-electron chi connectivity index (χ2n) is 3.28. The Hall–Kier alpha value is -0.440. The lowest BCUT2D eigenvalue weighted by Gasteiger charge is -2.21. The van der Waals surface area contributed by atoms with E-state index >= 15 is 0 Å². The van der Waals surface area contributed by atoms with Crippen molar-refractivity contribution >= 4 is 23.2 Å². The van der Waals surface area contributed by atoms with Crippen LogP contribution in [0.4, 0.5) is 0 Å². The van der Waals surface area contributed by atoms with Gasteiger partial charge in [-0.15, -0.1) is 0 Å². The lowest BCUT2D eigenvalue weighted by molar-refractivity contribution is 0.117. The van der Waals surface area contributed by atoms with E-state index in [4.69, 9.17) is 33.7 Å². The molecule has 0 spiro atoms. The third kappa shape index (κ3) is 3.43. The van der Waals surface area contributed by atoms with Gasteiger partial charge in [-0.1, -0.05) is 23.2 Å². The molecule has 0 aliphatic rings.